The maximum Gasteiger partial charge on any atom is 0.306 e. The van der Waals surface area contributed by atoms with E-state index < -0.39 is 0 Å². The summed E-state index contributed by atoms with van der Waals surface area (Å²) in [5, 5.41) is 0. The molecule has 0 heterocycles. The highest BCUT2D eigenvalue weighted by Crippen LogP contribution is 1.99. The van der Waals surface area contributed by atoms with E-state index in [1.54, 1.807) is 0 Å². The Morgan fingerprint density at radius 2 is 2.25 bits per heavy atom. The fourth-order valence-electron chi connectivity index (χ4n) is 0.381. The summed E-state index contributed by atoms with van der Waals surface area (Å²) in [6.07, 6.45) is 0.399. The first-order chi connectivity index (χ1) is 3.66. The molecule has 0 N–H and O–H groups in total. The van der Waals surface area contributed by atoms with Crippen LogP contribution in [0, 0.1) is 13.0 Å². The van der Waals surface area contributed by atoms with E-state index in [9.17, 15) is 4.79 Å². The zero-order valence-corrected chi connectivity index (χ0v) is 5.18. The predicted octanol–water partition coefficient (Wildman–Crippen LogP) is 1.24. The first-order valence-corrected chi connectivity index (χ1v) is 2.56. The molecule has 0 rings (SSSR count). The van der Waals surface area contributed by atoms with Crippen LogP contribution in [0.5, 0.6) is 0 Å². The third-order valence-electron chi connectivity index (χ3n) is 0.706. The SMILES string of the molecule is [CH]OC(=O)CC(C)C. The Morgan fingerprint density at radius 1 is 1.75 bits per heavy atom. The molecule has 0 aliphatic heterocycles. The maximum atomic E-state index is 10.3. The van der Waals surface area contributed by atoms with Crippen LogP contribution in [-0.4, -0.2) is 5.97 Å². The normalized spacial score (nSPS) is 9.50. The van der Waals surface area contributed by atoms with E-state index in [0.29, 0.717) is 12.3 Å². The van der Waals surface area contributed by atoms with Gasteiger partial charge in [-0.3, -0.25) is 4.79 Å². The zero-order valence-electron chi connectivity index (χ0n) is 5.18. The maximum absolute atomic E-state index is 10.3. The minimum absolute atomic E-state index is 0.325. The number of hydrogen-bond acceptors (Lipinski definition) is 2. The summed E-state index contributed by atoms with van der Waals surface area (Å²) in [6.45, 7) is 3.86. The lowest BCUT2D eigenvalue weighted by atomic mass is 10.1. The highest BCUT2D eigenvalue weighted by molar-refractivity contribution is 5.69. The van der Waals surface area contributed by atoms with Crippen molar-refractivity contribution in [2.45, 2.75) is 20.3 Å². The molecule has 0 aliphatic carbocycles. The highest BCUT2D eigenvalue weighted by Gasteiger charge is 2.01. The fraction of sp³-hybridized carbons (Fsp3) is 0.667. The Hall–Kier alpha value is -0.530. The monoisotopic (exact) mass is 114 g/mol. The summed E-state index contributed by atoms with van der Waals surface area (Å²) >= 11 is 0. The lowest BCUT2D eigenvalue weighted by molar-refractivity contribution is -0.139. The number of esters is 1. The van der Waals surface area contributed by atoms with Crippen LogP contribution >= 0.6 is 0 Å². The van der Waals surface area contributed by atoms with Gasteiger partial charge in [0.25, 0.3) is 0 Å². The Labute approximate surface area is 49.8 Å². The number of hydrogen-bond donors (Lipinski definition) is 0. The second-order valence-electron chi connectivity index (χ2n) is 2.09. The Morgan fingerprint density at radius 3 is 2.38 bits per heavy atom. The molecule has 2 nitrogen and oxygen atoms in total. The quantitative estimate of drug-likeness (QED) is 0.505. The van der Waals surface area contributed by atoms with Gasteiger partial charge >= 0.3 is 5.97 Å². The zero-order chi connectivity index (χ0) is 6.57. The molecular formula is C6H10O2. The van der Waals surface area contributed by atoms with Gasteiger partial charge in [-0.15, -0.1) is 0 Å². The lowest BCUT2D eigenvalue weighted by Crippen LogP contribution is -2.02. The van der Waals surface area contributed by atoms with E-state index in [2.05, 4.69) is 11.8 Å². The molecule has 46 valence electrons. The summed E-state index contributed by atoms with van der Waals surface area (Å²) in [6, 6.07) is 0. The van der Waals surface area contributed by atoms with Gasteiger partial charge in [0.05, 0.1) is 0 Å². The fourth-order valence-corrected chi connectivity index (χ4v) is 0.381. The molecule has 2 radical (unpaired) electrons. The molecule has 0 aromatic carbocycles. The van der Waals surface area contributed by atoms with Crippen LogP contribution < -0.4 is 0 Å². The van der Waals surface area contributed by atoms with Crippen LogP contribution in [0.15, 0.2) is 0 Å². The van der Waals surface area contributed by atoms with Crippen molar-refractivity contribution in [1.29, 1.82) is 0 Å². The van der Waals surface area contributed by atoms with Crippen molar-refractivity contribution in [1.82, 2.24) is 0 Å². The minimum Gasteiger partial charge on any atom is -0.454 e. The van der Waals surface area contributed by atoms with Gasteiger partial charge in [0.1, 0.15) is 0 Å². The third kappa shape index (κ3) is 3.65. The molecule has 0 bridgehead atoms. The van der Waals surface area contributed by atoms with Crippen molar-refractivity contribution in [3.63, 3.8) is 0 Å². The van der Waals surface area contributed by atoms with Crippen LogP contribution in [0.4, 0.5) is 0 Å². The van der Waals surface area contributed by atoms with Gasteiger partial charge in [0, 0.05) is 6.42 Å². The highest BCUT2D eigenvalue weighted by atomic mass is 16.5. The van der Waals surface area contributed by atoms with Gasteiger partial charge in [0.2, 0.25) is 0 Å². The van der Waals surface area contributed by atoms with Crippen LogP contribution in [0.2, 0.25) is 0 Å². The standard InChI is InChI=1S/C6H10O2/c1-5(2)4-6(7)8-3/h3,5H,4H2,1-2H3. The Balaban J connectivity index is 3.25. The largest absolute Gasteiger partial charge is 0.454 e. The smallest absolute Gasteiger partial charge is 0.306 e. The van der Waals surface area contributed by atoms with E-state index in [4.69, 9.17) is 0 Å². The molecule has 0 fully saturated rings. The van der Waals surface area contributed by atoms with Crippen molar-refractivity contribution < 1.29 is 9.53 Å². The summed E-state index contributed by atoms with van der Waals surface area (Å²) in [4.78, 5) is 10.3. The molecule has 0 unspecified atom stereocenters. The van der Waals surface area contributed by atoms with E-state index in [0.717, 1.165) is 0 Å². The molecule has 2 heteroatoms. The van der Waals surface area contributed by atoms with E-state index in [1.165, 1.54) is 0 Å². The Kier molecular flexibility index (Phi) is 3.24. The number of ether oxygens (including phenoxy) is 1. The van der Waals surface area contributed by atoms with E-state index in [-0.39, 0.29) is 5.97 Å². The van der Waals surface area contributed by atoms with Crippen molar-refractivity contribution in [2.75, 3.05) is 0 Å². The van der Waals surface area contributed by atoms with Crippen molar-refractivity contribution in [3.05, 3.63) is 7.11 Å². The molecular weight excluding hydrogens is 104 g/mol. The van der Waals surface area contributed by atoms with Gasteiger partial charge in [-0.1, -0.05) is 13.8 Å². The summed E-state index contributed by atoms with van der Waals surface area (Å²) < 4.78 is 3.92. The number of carbonyl (C=O) groups excluding carboxylic acids is 1. The molecule has 0 saturated carbocycles. The Bertz CT molecular complexity index is 76.6. The molecule has 0 saturated heterocycles. The first-order valence-electron chi connectivity index (χ1n) is 2.56. The second kappa shape index (κ2) is 3.47. The van der Waals surface area contributed by atoms with Crippen LogP contribution in [0.25, 0.3) is 0 Å². The number of rotatable bonds is 2. The van der Waals surface area contributed by atoms with Crippen LogP contribution in [-0.2, 0) is 9.53 Å². The molecule has 0 aliphatic rings. The van der Waals surface area contributed by atoms with Gasteiger partial charge in [-0.25, -0.2) is 0 Å². The minimum atomic E-state index is -0.347. The average molecular weight is 114 g/mol. The molecule has 0 aromatic heterocycles. The number of carbonyl (C=O) groups is 1. The third-order valence-corrected chi connectivity index (χ3v) is 0.706. The van der Waals surface area contributed by atoms with Crippen molar-refractivity contribution >= 4 is 5.97 Å². The van der Waals surface area contributed by atoms with Gasteiger partial charge in [0.15, 0.2) is 7.11 Å². The van der Waals surface area contributed by atoms with Gasteiger partial charge < -0.3 is 4.74 Å². The topological polar surface area (TPSA) is 26.3 Å². The van der Waals surface area contributed by atoms with E-state index >= 15 is 0 Å². The summed E-state index contributed by atoms with van der Waals surface area (Å²) in [7, 11) is 4.57. The first kappa shape index (κ1) is 7.47. The molecule has 0 atom stereocenters. The summed E-state index contributed by atoms with van der Waals surface area (Å²) in [5.41, 5.74) is 0. The van der Waals surface area contributed by atoms with Crippen LogP contribution in [0.1, 0.15) is 20.3 Å². The van der Waals surface area contributed by atoms with E-state index in [1.807, 2.05) is 13.8 Å². The van der Waals surface area contributed by atoms with Crippen molar-refractivity contribution in [3.8, 4) is 0 Å². The predicted molar refractivity (Wildman–Crippen MR) is 29.8 cm³/mol. The second-order valence-corrected chi connectivity index (χ2v) is 2.09. The van der Waals surface area contributed by atoms with Crippen molar-refractivity contribution in [2.24, 2.45) is 5.92 Å². The van der Waals surface area contributed by atoms with Gasteiger partial charge in [-0.2, -0.15) is 0 Å². The molecule has 0 spiro atoms. The molecule has 0 aromatic rings. The van der Waals surface area contributed by atoms with Gasteiger partial charge in [-0.05, 0) is 5.92 Å². The average Bonchev–Trinajstić information content (AvgIpc) is 1.65. The van der Waals surface area contributed by atoms with Crippen LogP contribution in [0.3, 0.4) is 0 Å². The lowest BCUT2D eigenvalue weighted by Gasteiger charge is -1.98. The summed E-state index contributed by atoms with van der Waals surface area (Å²) in [5.74, 6) is -0.0222. The molecule has 8 heavy (non-hydrogen) atoms. The molecule has 0 amide bonds.